The summed E-state index contributed by atoms with van der Waals surface area (Å²) in [6, 6.07) is 7.95. The Bertz CT molecular complexity index is 771. The first-order valence-electron chi connectivity index (χ1n) is 8.02. The SMILES string of the molecule is COc1c(C)c(OC)c(C(=O)/C=C/c2ccc(C)cc2)c(OC)c1C. The maximum absolute atomic E-state index is 12.9. The largest absolute Gasteiger partial charge is 0.496 e. The van der Waals surface area contributed by atoms with Gasteiger partial charge in [0.15, 0.2) is 5.78 Å². The molecule has 0 N–H and O–H groups in total. The third-order valence-corrected chi connectivity index (χ3v) is 4.18. The number of allylic oxidation sites excluding steroid dienone is 1. The van der Waals surface area contributed by atoms with Gasteiger partial charge in [0.05, 0.1) is 21.3 Å². The van der Waals surface area contributed by atoms with Gasteiger partial charge in [0.1, 0.15) is 22.8 Å². The highest BCUT2D eigenvalue weighted by atomic mass is 16.5. The van der Waals surface area contributed by atoms with Crippen molar-refractivity contribution in [1.29, 1.82) is 0 Å². The number of benzene rings is 2. The van der Waals surface area contributed by atoms with Crippen LogP contribution in [0.1, 0.15) is 32.6 Å². The average Bonchev–Trinajstić information content (AvgIpc) is 2.61. The van der Waals surface area contributed by atoms with Crippen LogP contribution >= 0.6 is 0 Å². The molecule has 0 saturated heterocycles. The number of aryl methyl sites for hydroxylation is 1. The van der Waals surface area contributed by atoms with Gasteiger partial charge in [-0.15, -0.1) is 0 Å². The van der Waals surface area contributed by atoms with E-state index in [0.29, 0.717) is 22.8 Å². The topological polar surface area (TPSA) is 44.8 Å². The molecule has 0 bridgehead atoms. The van der Waals surface area contributed by atoms with Gasteiger partial charge >= 0.3 is 0 Å². The van der Waals surface area contributed by atoms with E-state index in [1.807, 2.05) is 45.0 Å². The Morgan fingerprint density at radius 1 is 0.800 bits per heavy atom. The molecule has 4 heteroatoms. The Hall–Kier alpha value is -2.75. The summed E-state index contributed by atoms with van der Waals surface area (Å²) in [5.41, 5.74) is 4.09. The molecule has 0 aromatic heterocycles. The number of carbonyl (C=O) groups excluding carboxylic acids is 1. The Labute approximate surface area is 149 Å². The van der Waals surface area contributed by atoms with Crippen molar-refractivity contribution in [3.8, 4) is 17.2 Å². The monoisotopic (exact) mass is 340 g/mol. The van der Waals surface area contributed by atoms with Gasteiger partial charge in [-0.25, -0.2) is 0 Å². The van der Waals surface area contributed by atoms with Crippen LogP contribution in [-0.4, -0.2) is 27.1 Å². The van der Waals surface area contributed by atoms with Crippen LogP contribution in [-0.2, 0) is 0 Å². The Morgan fingerprint density at radius 3 is 1.72 bits per heavy atom. The molecule has 0 saturated carbocycles. The van der Waals surface area contributed by atoms with Crippen LogP contribution in [0.3, 0.4) is 0 Å². The second kappa shape index (κ2) is 7.88. The van der Waals surface area contributed by atoms with Gasteiger partial charge in [0, 0.05) is 11.1 Å². The average molecular weight is 340 g/mol. The lowest BCUT2D eigenvalue weighted by Gasteiger charge is -2.19. The van der Waals surface area contributed by atoms with E-state index in [0.717, 1.165) is 16.7 Å². The molecule has 0 aliphatic rings. The summed E-state index contributed by atoms with van der Waals surface area (Å²) in [7, 11) is 4.67. The number of ketones is 1. The number of rotatable bonds is 6. The molecule has 0 heterocycles. The molecular weight excluding hydrogens is 316 g/mol. The number of methoxy groups -OCH3 is 3. The highest BCUT2D eigenvalue weighted by molar-refractivity contribution is 6.11. The van der Waals surface area contributed by atoms with Gasteiger partial charge in [-0.2, -0.15) is 0 Å². The molecule has 0 unspecified atom stereocenters. The quantitative estimate of drug-likeness (QED) is 0.572. The first kappa shape index (κ1) is 18.6. The van der Waals surface area contributed by atoms with Crippen molar-refractivity contribution in [2.75, 3.05) is 21.3 Å². The molecule has 2 rings (SSSR count). The Balaban J connectivity index is 2.53. The summed E-state index contributed by atoms with van der Waals surface area (Å²) >= 11 is 0. The van der Waals surface area contributed by atoms with E-state index in [4.69, 9.17) is 14.2 Å². The molecule has 4 nitrogen and oxygen atoms in total. The molecule has 0 fully saturated rings. The summed E-state index contributed by atoms with van der Waals surface area (Å²) in [4.78, 5) is 12.9. The molecular formula is C21H24O4. The maximum atomic E-state index is 12.9. The van der Waals surface area contributed by atoms with Crippen molar-refractivity contribution in [1.82, 2.24) is 0 Å². The van der Waals surface area contributed by atoms with E-state index < -0.39 is 0 Å². The van der Waals surface area contributed by atoms with E-state index in [9.17, 15) is 4.79 Å². The summed E-state index contributed by atoms with van der Waals surface area (Å²) in [5.74, 6) is 1.42. The van der Waals surface area contributed by atoms with Crippen LogP contribution in [0.25, 0.3) is 6.08 Å². The van der Waals surface area contributed by atoms with Crippen molar-refractivity contribution in [3.05, 3.63) is 58.2 Å². The van der Waals surface area contributed by atoms with Gasteiger partial charge in [0.25, 0.3) is 0 Å². The van der Waals surface area contributed by atoms with Gasteiger partial charge in [-0.3, -0.25) is 4.79 Å². The molecule has 0 amide bonds. The zero-order valence-corrected chi connectivity index (χ0v) is 15.6. The maximum Gasteiger partial charge on any atom is 0.193 e. The molecule has 0 aliphatic heterocycles. The number of hydrogen-bond donors (Lipinski definition) is 0. The molecule has 2 aromatic rings. The van der Waals surface area contributed by atoms with E-state index in [1.54, 1.807) is 13.2 Å². The van der Waals surface area contributed by atoms with Gasteiger partial charge in [-0.05, 0) is 32.4 Å². The van der Waals surface area contributed by atoms with E-state index in [2.05, 4.69) is 0 Å². The lowest BCUT2D eigenvalue weighted by Crippen LogP contribution is -2.08. The van der Waals surface area contributed by atoms with Crippen molar-refractivity contribution in [2.24, 2.45) is 0 Å². The molecule has 25 heavy (non-hydrogen) atoms. The predicted molar refractivity (Wildman–Crippen MR) is 100 cm³/mol. The highest BCUT2D eigenvalue weighted by Crippen LogP contribution is 2.43. The lowest BCUT2D eigenvalue weighted by molar-refractivity contribution is 0.104. The molecule has 0 atom stereocenters. The van der Waals surface area contributed by atoms with Gasteiger partial charge in [0.2, 0.25) is 0 Å². The fraction of sp³-hybridized carbons (Fsp3) is 0.286. The molecule has 132 valence electrons. The molecule has 0 spiro atoms. The summed E-state index contributed by atoms with van der Waals surface area (Å²) in [6.07, 6.45) is 3.33. The standard InChI is InChI=1S/C21H24O4/c1-13-7-9-16(10-8-13)11-12-17(22)18-20(24-5)14(2)19(23-4)15(3)21(18)25-6/h7-12H,1-6H3/b12-11+. The highest BCUT2D eigenvalue weighted by Gasteiger charge is 2.25. The molecule has 0 radical (unpaired) electrons. The van der Waals surface area contributed by atoms with E-state index >= 15 is 0 Å². The second-order valence-corrected chi connectivity index (χ2v) is 5.83. The van der Waals surface area contributed by atoms with Crippen molar-refractivity contribution >= 4 is 11.9 Å². The van der Waals surface area contributed by atoms with Crippen LogP contribution in [0.4, 0.5) is 0 Å². The fourth-order valence-electron chi connectivity index (χ4n) is 2.94. The van der Waals surface area contributed by atoms with Crippen LogP contribution in [0, 0.1) is 20.8 Å². The lowest BCUT2D eigenvalue weighted by atomic mass is 9.98. The molecule has 2 aromatic carbocycles. The summed E-state index contributed by atoms with van der Waals surface area (Å²) in [6.45, 7) is 5.76. The van der Waals surface area contributed by atoms with Crippen LogP contribution in [0.2, 0.25) is 0 Å². The van der Waals surface area contributed by atoms with Crippen LogP contribution in [0.5, 0.6) is 17.2 Å². The van der Waals surface area contributed by atoms with Gasteiger partial charge in [-0.1, -0.05) is 35.9 Å². The number of ether oxygens (including phenoxy) is 3. The van der Waals surface area contributed by atoms with Gasteiger partial charge < -0.3 is 14.2 Å². The minimum absolute atomic E-state index is 0.178. The third kappa shape index (κ3) is 3.68. The normalized spacial score (nSPS) is 10.8. The van der Waals surface area contributed by atoms with E-state index in [1.165, 1.54) is 25.9 Å². The molecule has 0 aliphatic carbocycles. The van der Waals surface area contributed by atoms with Crippen molar-refractivity contribution < 1.29 is 19.0 Å². The Kier molecular flexibility index (Phi) is 5.86. The van der Waals surface area contributed by atoms with Crippen LogP contribution < -0.4 is 14.2 Å². The zero-order valence-electron chi connectivity index (χ0n) is 15.6. The number of carbonyl (C=O) groups is 1. The smallest absolute Gasteiger partial charge is 0.193 e. The predicted octanol–water partition coefficient (Wildman–Crippen LogP) is 4.53. The minimum atomic E-state index is -0.178. The number of hydrogen-bond acceptors (Lipinski definition) is 4. The fourth-order valence-corrected chi connectivity index (χ4v) is 2.94. The van der Waals surface area contributed by atoms with Crippen molar-refractivity contribution in [2.45, 2.75) is 20.8 Å². The zero-order chi connectivity index (χ0) is 18.6. The summed E-state index contributed by atoms with van der Waals surface area (Å²) < 4.78 is 16.4. The first-order chi connectivity index (χ1) is 11.9. The van der Waals surface area contributed by atoms with E-state index in [-0.39, 0.29) is 5.78 Å². The minimum Gasteiger partial charge on any atom is -0.496 e. The third-order valence-electron chi connectivity index (χ3n) is 4.18. The summed E-state index contributed by atoms with van der Waals surface area (Å²) in [5, 5.41) is 0. The second-order valence-electron chi connectivity index (χ2n) is 5.83. The van der Waals surface area contributed by atoms with Crippen LogP contribution in [0.15, 0.2) is 30.3 Å². The first-order valence-corrected chi connectivity index (χ1v) is 8.02. The van der Waals surface area contributed by atoms with Crippen molar-refractivity contribution in [3.63, 3.8) is 0 Å². The Morgan fingerprint density at radius 2 is 1.28 bits per heavy atom.